The van der Waals surface area contributed by atoms with Crippen molar-refractivity contribution in [3.05, 3.63) is 65.7 Å². The lowest BCUT2D eigenvalue weighted by atomic mass is 10.1. The highest BCUT2D eigenvalue weighted by Gasteiger charge is 2.25. The molecule has 1 aromatic carbocycles. The summed E-state index contributed by atoms with van der Waals surface area (Å²) in [5.41, 5.74) is 3.52. The molecule has 3 aromatic rings. The van der Waals surface area contributed by atoms with E-state index in [1.165, 1.54) is 17.5 Å². The van der Waals surface area contributed by atoms with E-state index >= 15 is 0 Å². The van der Waals surface area contributed by atoms with Gasteiger partial charge in [-0.2, -0.15) is 5.10 Å². The molecule has 30 heavy (non-hydrogen) atoms. The maximum atomic E-state index is 12.5. The zero-order valence-electron chi connectivity index (χ0n) is 17.0. The molecule has 1 N–H and O–H groups in total. The molecule has 1 amide bonds. The van der Waals surface area contributed by atoms with Crippen LogP contribution in [0.2, 0.25) is 0 Å². The Labute approximate surface area is 180 Å². The maximum absolute atomic E-state index is 12.5. The lowest BCUT2D eigenvalue weighted by Crippen LogP contribution is -2.40. The summed E-state index contributed by atoms with van der Waals surface area (Å²) in [4.78, 5) is 22.8. The number of nitrogens with zero attached hydrogens (tertiary/aromatic N) is 4. The smallest absolute Gasteiger partial charge is 0.410 e. The van der Waals surface area contributed by atoms with E-state index < -0.39 is 0 Å². The summed E-state index contributed by atoms with van der Waals surface area (Å²) in [6.07, 6.45) is 6.69. The SMILES string of the molecule is Cc1ccnc(CCc2ccc(OC(=O)N3CCC(Sc4ncn[nH]4)CC3)cc2)c1. The molecule has 2 aromatic heterocycles. The minimum absolute atomic E-state index is 0.283. The third kappa shape index (κ3) is 5.60. The van der Waals surface area contributed by atoms with Gasteiger partial charge in [0.2, 0.25) is 0 Å². The fraction of sp³-hybridized carbons (Fsp3) is 0.364. The van der Waals surface area contributed by atoms with E-state index in [1.54, 1.807) is 16.7 Å². The number of thioether (sulfide) groups is 1. The summed E-state index contributed by atoms with van der Waals surface area (Å²) in [6.45, 7) is 3.45. The topological polar surface area (TPSA) is 84.0 Å². The molecule has 0 aliphatic carbocycles. The Bertz CT molecular complexity index is 954. The molecule has 0 atom stereocenters. The second kappa shape index (κ2) is 9.75. The van der Waals surface area contributed by atoms with E-state index in [9.17, 15) is 4.79 Å². The summed E-state index contributed by atoms with van der Waals surface area (Å²) in [5.74, 6) is 0.579. The molecule has 7 nitrogen and oxygen atoms in total. The van der Waals surface area contributed by atoms with Crippen molar-refractivity contribution in [2.24, 2.45) is 0 Å². The monoisotopic (exact) mass is 423 g/mol. The van der Waals surface area contributed by atoms with Crippen molar-refractivity contribution in [1.82, 2.24) is 25.1 Å². The first-order valence-electron chi connectivity index (χ1n) is 10.1. The highest BCUT2D eigenvalue weighted by atomic mass is 32.2. The number of benzene rings is 1. The molecule has 1 saturated heterocycles. The number of ether oxygens (including phenoxy) is 1. The predicted octanol–water partition coefficient (Wildman–Crippen LogP) is 4.05. The number of carbonyl (C=O) groups is 1. The Morgan fingerprint density at radius 2 is 1.97 bits per heavy atom. The van der Waals surface area contributed by atoms with E-state index in [2.05, 4.69) is 33.2 Å². The van der Waals surface area contributed by atoms with Crippen molar-refractivity contribution in [1.29, 1.82) is 0 Å². The summed E-state index contributed by atoms with van der Waals surface area (Å²) >= 11 is 1.68. The number of piperidine rings is 1. The van der Waals surface area contributed by atoms with Gasteiger partial charge >= 0.3 is 6.09 Å². The van der Waals surface area contributed by atoms with Crippen molar-refractivity contribution in [2.45, 2.75) is 43.0 Å². The zero-order chi connectivity index (χ0) is 20.8. The van der Waals surface area contributed by atoms with Crippen molar-refractivity contribution < 1.29 is 9.53 Å². The zero-order valence-corrected chi connectivity index (χ0v) is 17.8. The first-order chi connectivity index (χ1) is 14.7. The maximum Gasteiger partial charge on any atom is 0.415 e. The van der Waals surface area contributed by atoms with Crippen LogP contribution >= 0.6 is 11.8 Å². The molecule has 0 bridgehead atoms. The van der Waals surface area contributed by atoms with E-state index in [1.807, 2.05) is 36.5 Å². The number of aromatic amines is 1. The van der Waals surface area contributed by atoms with Crippen LogP contribution in [-0.2, 0) is 12.8 Å². The Hall–Kier alpha value is -2.87. The Balaban J connectivity index is 1.23. The first-order valence-corrected chi connectivity index (χ1v) is 11.0. The second-order valence-corrected chi connectivity index (χ2v) is 8.72. The molecule has 1 aliphatic rings. The average Bonchev–Trinajstić information content (AvgIpc) is 3.27. The molecule has 0 saturated carbocycles. The van der Waals surface area contributed by atoms with Gasteiger partial charge in [0.15, 0.2) is 5.16 Å². The molecule has 0 spiro atoms. The van der Waals surface area contributed by atoms with E-state index in [0.29, 0.717) is 24.1 Å². The minimum Gasteiger partial charge on any atom is -0.410 e. The number of nitrogens with one attached hydrogen (secondary N) is 1. The largest absolute Gasteiger partial charge is 0.415 e. The van der Waals surface area contributed by atoms with Gasteiger partial charge in [-0.25, -0.2) is 9.78 Å². The molecule has 8 heteroatoms. The molecule has 156 valence electrons. The van der Waals surface area contributed by atoms with Crippen LogP contribution in [0.4, 0.5) is 4.79 Å². The molecule has 0 radical (unpaired) electrons. The number of pyridine rings is 1. The number of likely N-dealkylation sites (tertiary alicyclic amines) is 1. The van der Waals surface area contributed by atoms with Gasteiger partial charge < -0.3 is 9.64 Å². The van der Waals surface area contributed by atoms with Crippen LogP contribution in [0, 0.1) is 6.92 Å². The van der Waals surface area contributed by atoms with Crippen LogP contribution < -0.4 is 4.74 Å². The third-order valence-electron chi connectivity index (χ3n) is 5.14. The number of rotatable bonds is 6. The predicted molar refractivity (Wildman–Crippen MR) is 116 cm³/mol. The van der Waals surface area contributed by atoms with Gasteiger partial charge in [-0.05, 0) is 68.0 Å². The van der Waals surface area contributed by atoms with Crippen LogP contribution in [0.25, 0.3) is 0 Å². The van der Waals surface area contributed by atoms with Crippen molar-refractivity contribution >= 4 is 17.9 Å². The van der Waals surface area contributed by atoms with Crippen molar-refractivity contribution in [3.8, 4) is 5.75 Å². The number of carbonyl (C=O) groups excluding carboxylic acids is 1. The summed E-state index contributed by atoms with van der Waals surface area (Å²) in [5, 5.41) is 8.00. The second-order valence-electron chi connectivity index (χ2n) is 7.43. The number of amides is 1. The highest BCUT2D eigenvalue weighted by molar-refractivity contribution is 7.99. The number of hydrogen-bond acceptors (Lipinski definition) is 6. The van der Waals surface area contributed by atoms with E-state index in [0.717, 1.165) is 36.5 Å². The summed E-state index contributed by atoms with van der Waals surface area (Å²) in [7, 11) is 0. The number of hydrogen-bond donors (Lipinski definition) is 1. The molecule has 3 heterocycles. The van der Waals surface area contributed by atoms with Gasteiger partial charge in [-0.1, -0.05) is 23.9 Å². The molecule has 1 fully saturated rings. The van der Waals surface area contributed by atoms with Gasteiger partial charge in [0.1, 0.15) is 12.1 Å². The van der Waals surface area contributed by atoms with Gasteiger partial charge in [-0.3, -0.25) is 10.1 Å². The van der Waals surface area contributed by atoms with Gasteiger partial charge in [0.05, 0.1) is 0 Å². The van der Waals surface area contributed by atoms with Crippen molar-refractivity contribution in [2.75, 3.05) is 13.1 Å². The first kappa shape index (κ1) is 20.4. The standard InChI is InChI=1S/C22H25N5O2S/c1-16-8-11-23-18(14-16)5-2-17-3-6-19(7-4-17)29-22(28)27-12-9-20(10-13-27)30-21-24-15-25-26-21/h3-4,6-8,11,14-15,20H,2,5,9-10,12-13H2,1H3,(H,24,25,26). The fourth-order valence-electron chi connectivity index (χ4n) is 3.46. The van der Waals surface area contributed by atoms with E-state index in [4.69, 9.17) is 4.74 Å². The Morgan fingerprint density at radius 1 is 1.17 bits per heavy atom. The van der Waals surface area contributed by atoms with Crippen molar-refractivity contribution in [3.63, 3.8) is 0 Å². The van der Waals surface area contributed by atoms with Gasteiger partial charge in [0, 0.05) is 30.2 Å². The third-order valence-corrected chi connectivity index (χ3v) is 6.37. The summed E-state index contributed by atoms with van der Waals surface area (Å²) in [6, 6.07) is 11.9. The van der Waals surface area contributed by atoms with Crippen LogP contribution in [0.15, 0.2) is 54.1 Å². The lowest BCUT2D eigenvalue weighted by Gasteiger charge is -2.30. The normalized spacial score (nSPS) is 14.6. The van der Waals surface area contributed by atoms with Crippen LogP contribution in [-0.4, -0.2) is 49.5 Å². The molecule has 4 rings (SSSR count). The molecule has 0 unspecified atom stereocenters. The van der Waals surface area contributed by atoms with Crippen LogP contribution in [0.1, 0.15) is 29.7 Å². The Morgan fingerprint density at radius 3 is 2.67 bits per heavy atom. The Kier molecular flexibility index (Phi) is 6.63. The van der Waals surface area contributed by atoms with E-state index in [-0.39, 0.29) is 6.09 Å². The number of aromatic nitrogens is 4. The average molecular weight is 424 g/mol. The fourth-order valence-corrected chi connectivity index (χ4v) is 4.44. The van der Waals surface area contributed by atoms with Gasteiger partial charge in [0.25, 0.3) is 0 Å². The number of aryl methyl sites for hydroxylation is 3. The molecule has 1 aliphatic heterocycles. The van der Waals surface area contributed by atoms with Crippen LogP contribution in [0.5, 0.6) is 5.75 Å². The minimum atomic E-state index is -0.283. The van der Waals surface area contributed by atoms with Gasteiger partial charge in [-0.15, -0.1) is 0 Å². The lowest BCUT2D eigenvalue weighted by molar-refractivity contribution is 0.143. The van der Waals surface area contributed by atoms with Crippen LogP contribution in [0.3, 0.4) is 0 Å². The number of H-pyrrole nitrogens is 1. The molecular weight excluding hydrogens is 398 g/mol. The summed E-state index contributed by atoms with van der Waals surface area (Å²) < 4.78 is 5.57. The highest BCUT2D eigenvalue weighted by Crippen LogP contribution is 2.28. The quantitative estimate of drug-likeness (QED) is 0.644. The molecular formula is C22H25N5O2S.